The molecule has 6 nitrogen and oxygen atoms in total. The molecule has 0 saturated heterocycles. The number of amides is 1. The Balaban J connectivity index is 1.88. The highest BCUT2D eigenvalue weighted by atomic mass is 79.9. The summed E-state index contributed by atoms with van der Waals surface area (Å²) in [5.74, 6) is -0.138. The number of carbonyl (C=O) groups is 1. The van der Waals surface area contributed by atoms with Gasteiger partial charge in [0.15, 0.2) is 0 Å². The third-order valence-electron chi connectivity index (χ3n) is 3.49. The van der Waals surface area contributed by atoms with Crippen molar-refractivity contribution in [1.82, 2.24) is 24.9 Å². The van der Waals surface area contributed by atoms with Crippen LogP contribution in [0.1, 0.15) is 34.0 Å². The number of nitrogens with zero attached hydrogens (tertiary/aromatic N) is 4. The van der Waals surface area contributed by atoms with E-state index < -0.39 is 0 Å². The maximum absolute atomic E-state index is 12.2. The lowest BCUT2D eigenvalue weighted by Crippen LogP contribution is -2.27. The highest BCUT2D eigenvalue weighted by Crippen LogP contribution is 2.20. The summed E-state index contributed by atoms with van der Waals surface area (Å²) in [6.07, 6.45) is 0.776. The van der Waals surface area contributed by atoms with Gasteiger partial charge in [-0.15, -0.1) is 0 Å². The second kappa shape index (κ2) is 6.83. The molecule has 0 aliphatic rings. The maximum atomic E-state index is 12.2. The van der Waals surface area contributed by atoms with Crippen LogP contribution in [0.4, 0.5) is 0 Å². The van der Waals surface area contributed by atoms with Gasteiger partial charge in [0.25, 0.3) is 5.91 Å². The number of hydrogen-bond donors (Lipinski definition) is 1. The zero-order chi connectivity index (χ0) is 16.4. The fourth-order valence-electron chi connectivity index (χ4n) is 2.29. The van der Waals surface area contributed by atoms with Crippen LogP contribution in [0.3, 0.4) is 0 Å². The molecule has 2 aromatic heterocycles. The Morgan fingerprint density at radius 1 is 1.27 bits per heavy atom. The lowest BCUT2D eigenvalue weighted by molar-refractivity contribution is 0.0942. The van der Waals surface area contributed by atoms with E-state index in [2.05, 4.69) is 31.4 Å². The minimum Gasteiger partial charge on any atom is -0.351 e. The molecule has 2 aromatic rings. The Kier molecular flexibility index (Phi) is 5.28. The molecule has 1 N–H and O–H groups in total. The minimum absolute atomic E-state index is 0.138. The van der Waals surface area contributed by atoms with E-state index in [-0.39, 0.29) is 5.91 Å². The first-order valence-electron chi connectivity index (χ1n) is 6.99. The summed E-state index contributed by atoms with van der Waals surface area (Å²) >= 11 is 9.51. The standard InChI is InChI=1S/C14H19BrClN5O/c1-8-11(15)13(20(4)18-8)14(22)17-6-5-7-21-10(3)12(16)9(2)19-21/h5-7H2,1-4H3,(H,17,22). The summed E-state index contributed by atoms with van der Waals surface area (Å²) < 4.78 is 4.18. The van der Waals surface area contributed by atoms with Gasteiger partial charge < -0.3 is 5.32 Å². The van der Waals surface area contributed by atoms with E-state index in [9.17, 15) is 4.79 Å². The van der Waals surface area contributed by atoms with Crippen LogP contribution in [0.2, 0.25) is 5.02 Å². The average molecular weight is 389 g/mol. The van der Waals surface area contributed by atoms with Crippen LogP contribution in [0, 0.1) is 20.8 Å². The number of hydrogen-bond acceptors (Lipinski definition) is 3. The first-order chi connectivity index (χ1) is 10.3. The zero-order valence-corrected chi connectivity index (χ0v) is 15.4. The van der Waals surface area contributed by atoms with E-state index in [0.717, 1.165) is 28.0 Å². The molecule has 8 heteroatoms. The first kappa shape index (κ1) is 17.0. The molecule has 0 saturated carbocycles. The second-order valence-electron chi connectivity index (χ2n) is 5.19. The summed E-state index contributed by atoms with van der Waals surface area (Å²) in [5, 5.41) is 12.2. The molecular formula is C14H19BrClN5O. The van der Waals surface area contributed by atoms with Gasteiger partial charge in [0, 0.05) is 20.1 Å². The molecule has 0 unspecified atom stereocenters. The topological polar surface area (TPSA) is 64.7 Å². The Morgan fingerprint density at radius 2 is 1.95 bits per heavy atom. The lowest BCUT2D eigenvalue weighted by atomic mass is 10.3. The quantitative estimate of drug-likeness (QED) is 0.801. The van der Waals surface area contributed by atoms with Gasteiger partial charge in [-0.05, 0) is 43.1 Å². The van der Waals surface area contributed by atoms with E-state index in [4.69, 9.17) is 11.6 Å². The highest BCUT2D eigenvalue weighted by Gasteiger charge is 2.17. The Bertz CT molecular complexity index is 707. The molecule has 2 heterocycles. The monoisotopic (exact) mass is 387 g/mol. The molecule has 0 aromatic carbocycles. The van der Waals surface area contributed by atoms with Crippen molar-refractivity contribution in [2.24, 2.45) is 7.05 Å². The fraction of sp³-hybridized carbons (Fsp3) is 0.500. The summed E-state index contributed by atoms with van der Waals surface area (Å²) in [6, 6.07) is 0. The molecule has 0 aliphatic heterocycles. The van der Waals surface area contributed by atoms with Gasteiger partial charge >= 0.3 is 0 Å². The molecule has 0 spiro atoms. The fourth-order valence-corrected chi connectivity index (χ4v) is 2.94. The predicted molar refractivity (Wildman–Crippen MR) is 89.3 cm³/mol. The van der Waals surface area contributed by atoms with Crippen molar-refractivity contribution in [2.75, 3.05) is 6.54 Å². The van der Waals surface area contributed by atoms with Crippen LogP contribution in [0.5, 0.6) is 0 Å². The molecule has 0 radical (unpaired) electrons. The summed E-state index contributed by atoms with van der Waals surface area (Å²) in [5.41, 5.74) is 3.12. The molecule has 0 fully saturated rings. The molecular weight excluding hydrogens is 370 g/mol. The van der Waals surface area contributed by atoms with E-state index in [1.165, 1.54) is 0 Å². The van der Waals surface area contributed by atoms with Gasteiger partial charge in [-0.1, -0.05) is 11.6 Å². The molecule has 0 atom stereocenters. The average Bonchev–Trinajstić information content (AvgIpc) is 2.85. The third-order valence-corrected chi connectivity index (χ3v) is 4.99. The van der Waals surface area contributed by atoms with Crippen LogP contribution >= 0.6 is 27.5 Å². The molecule has 22 heavy (non-hydrogen) atoms. The van der Waals surface area contributed by atoms with E-state index in [1.54, 1.807) is 11.7 Å². The minimum atomic E-state index is -0.138. The van der Waals surface area contributed by atoms with Crippen LogP contribution < -0.4 is 5.32 Å². The summed E-state index contributed by atoms with van der Waals surface area (Å²) in [7, 11) is 1.75. The van der Waals surface area contributed by atoms with Gasteiger partial charge in [-0.2, -0.15) is 10.2 Å². The Morgan fingerprint density at radius 3 is 2.45 bits per heavy atom. The highest BCUT2D eigenvalue weighted by molar-refractivity contribution is 9.10. The largest absolute Gasteiger partial charge is 0.351 e. The van der Waals surface area contributed by atoms with Gasteiger partial charge in [0.05, 0.1) is 26.6 Å². The SMILES string of the molecule is Cc1nn(CCCNC(=O)c2c(Br)c(C)nn2C)c(C)c1Cl. The van der Waals surface area contributed by atoms with Crippen molar-refractivity contribution in [1.29, 1.82) is 0 Å². The first-order valence-corrected chi connectivity index (χ1v) is 8.16. The summed E-state index contributed by atoms with van der Waals surface area (Å²) in [6.45, 7) is 6.95. The molecule has 0 aliphatic carbocycles. The van der Waals surface area contributed by atoms with Crippen LogP contribution in [0.25, 0.3) is 0 Å². The van der Waals surface area contributed by atoms with Crippen molar-refractivity contribution in [3.05, 3.63) is 32.3 Å². The lowest BCUT2D eigenvalue weighted by Gasteiger charge is -2.07. The van der Waals surface area contributed by atoms with Crippen LogP contribution in [-0.4, -0.2) is 32.0 Å². The van der Waals surface area contributed by atoms with Gasteiger partial charge in [-0.25, -0.2) is 0 Å². The van der Waals surface area contributed by atoms with Gasteiger partial charge in [-0.3, -0.25) is 14.2 Å². The number of aromatic nitrogens is 4. The number of nitrogens with one attached hydrogen (secondary N) is 1. The Hall–Kier alpha value is -1.34. The zero-order valence-electron chi connectivity index (χ0n) is 13.1. The molecule has 0 bridgehead atoms. The smallest absolute Gasteiger partial charge is 0.270 e. The van der Waals surface area contributed by atoms with Crippen LogP contribution in [-0.2, 0) is 13.6 Å². The van der Waals surface area contributed by atoms with Crippen LogP contribution in [0.15, 0.2) is 4.47 Å². The van der Waals surface area contributed by atoms with Crippen molar-refractivity contribution < 1.29 is 4.79 Å². The normalized spacial score (nSPS) is 11.0. The van der Waals surface area contributed by atoms with Crippen molar-refractivity contribution in [3.63, 3.8) is 0 Å². The number of aryl methyl sites for hydroxylation is 4. The Labute approximate surface area is 143 Å². The van der Waals surface area contributed by atoms with E-state index >= 15 is 0 Å². The van der Waals surface area contributed by atoms with E-state index in [0.29, 0.717) is 23.8 Å². The van der Waals surface area contributed by atoms with E-state index in [1.807, 2.05) is 25.5 Å². The molecule has 2 rings (SSSR count). The third kappa shape index (κ3) is 3.35. The molecule has 1 amide bonds. The van der Waals surface area contributed by atoms with Crippen molar-refractivity contribution in [3.8, 4) is 0 Å². The number of halogens is 2. The number of carbonyl (C=O) groups excluding carboxylic acids is 1. The van der Waals surface area contributed by atoms with Crippen molar-refractivity contribution >= 4 is 33.4 Å². The predicted octanol–water partition coefficient (Wildman–Crippen LogP) is 2.78. The maximum Gasteiger partial charge on any atom is 0.270 e. The number of rotatable bonds is 5. The van der Waals surface area contributed by atoms with Crippen molar-refractivity contribution in [2.45, 2.75) is 33.7 Å². The van der Waals surface area contributed by atoms with Gasteiger partial charge in [0.1, 0.15) is 5.69 Å². The van der Waals surface area contributed by atoms with Gasteiger partial charge in [0.2, 0.25) is 0 Å². The molecule has 120 valence electrons. The second-order valence-corrected chi connectivity index (χ2v) is 6.36. The summed E-state index contributed by atoms with van der Waals surface area (Å²) in [4.78, 5) is 12.2.